The van der Waals surface area contributed by atoms with Crippen molar-refractivity contribution < 1.29 is 27.6 Å². The summed E-state index contributed by atoms with van der Waals surface area (Å²) in [7, 11) is 0. The van der Waals surface area contributed by atoms with Gasteiger partial charge in [0.05, 0.1) is 17.1 Å². The highest BCUT2D eigenvalue weighted by atomic mass is 19.4. The summed E-state index contributed by atoms with van der Waals surface area (Å²) in [4.78, 5) is 26.6. The quantitative estimate of drug-likeness (QED) is 0.474. The molecule has 2 aromatic rings. The van der Waals surface area contributed by atoms with Crippen molar-refractivity contribution in [3.05, 3.63) is 63.7 Å². The van der Waals surface area contributed by atoms with Gasteiger partial charge in [-0.25, -0.2) is 0 Å². The maximum absolute atomic E-state index is 12.9. The minimum atomic E-state index is -4.66. The van der Waals surface area contributed by atoms with E-state index in [1.165, 1.54) is 0 Å². The lowest BCUT2D eigenvalue weighted by Gasteiger charge is -2.36. The minimum absolute atomic E-state index is 0.113. The second kappa shape index (κ2) is 9.46. The van der Waals surface area contributed by atoms with Gasteiger partial charge in [-0.1, -0.05) is 13.8 Å². The smallest absolute Gasteiger partial charge is 0.416 e. The molecule has 1 aliphatic rings. The zero-order valence-corrected chi connectivity index (χ0v) is 17.8. The van der Waals surface area contributed by atoms with Gasteiger partial charge in [-0.2, -0.15) is 13.2 Å². The van der Waals surface area contributed by atoms with Gasteiger partial charge < -0.3 is 14.5 Å². The zero-order valence-electron chi connectivity index (χ0n) is 17.8. The number of nitro benzene ring substituents is 1. The van der Waals surface area contributed by atoms with Crippen LogP contribution in [0.2, 0.25) is 0 Å². The van der Waals surface area contributed by atoms with E-state index in [9.17, 15) is 28.1 Å². The van der Waals surface area contributed by atoms with Gasteiger partial charge in [-0.05, 0) is 42.3 Å². The maximum Gasteiger partial charge on any atom is 0.416 e. The number of amides is 1. The van der Waals surface area contributed by atoms with Crippen LogP contribution in [0.5, 0.6) is 5.75 Å². The van der Waals surface area contributed by atoms with E-state index >= 15 is 0 Å². The van der Waals surface area contributed by atoms with Gasteiger partial charge in [0.2, 0.25) is 0 Å². The topological polar surface area (TPSA) is 75.9 Å². The van der Waals surface area contributed by atoms with E-state index in [4.69, 9.17) is 4.74 Å². The van der Waals surface area contributed by atoms with E-state index in [0.29, 0.717) is 43.0 Å². The Hall–Kier alpha value is -3.30. The third-order valence-electron chi connectivity index (χ3n) is 5.09. The van der Waals surface area contributed by atoms with Crippen LogP contribution >= 0.6 is 0 Å². The van der Waals surface area contributed by atoms with Crippen molar-refractivity contribution >= 4 is 17.3 Å². The Morgan fingerprint density at radius 3 is 2.25 bits per heavy atom. The van der Waals surface area contributed by atoms with Gasteiger partial charge in [0.1, 0.15) is 11.4 Å². The summed E-state index contributed by atoms with van der Waals surface area (Å²) in [6.07, 6.45) is -4.66. The SMILES string of the molecule is CC(C)COc1ccc(C(=O)N2CCN(c3ccc(C(F)(F)F)cc3[N+](=O)[O-])CC2)cc1. The first kappa shape index (κ1) is 23.4. The van der Waals surface area contributed by atoms with Crippen LogP contribution in [-0.2, 0) is 6.18 Å². The number of nitro groups is 1. The van der Waals surface area contributed by atoms with Crippen molar-refractivity contribution in [3.63, 3.8) is 0 Å². The van der Waals surface area contributed by atoms with Crippen LogP contribution in [0.25, 0.3) is 0 Å². The van der Waals surface area contributed by atoms with Crippen molar-refractivity contribution in [2.24, 2.45) is 5.92 Å². The molecule has 1 heterocycles. The third-order valence-corrected chi connectivity index (χ3v) is 5.09. The second-order valence-corrected chi connectivity index (χ2v) is 7.97. The van der Waals surface area contributed by atoms with Crippen LogP contribution in [0.15, 0.2) is 42.5 Å². The average molecular weight is 451 g/mol. The largest absolute Gasteiger partial charge is 0.493 e. The van der Waals surface area contributed by atoms with Gasteiger partial charge in [-0.3, -0.25) is 14.9 Å². The fourth-order valence-corrected chi connectivity index (χ4v) is 3.40. The lowest BCUT2D eigenvalue weighted by molar-refractivity contribution is -0.384. The number of alkyl halides is 3. The molecule has 3 rings (SSSR count). The van der Waals surface area contributed by atoms with Gasteiger partial charge in [0.25, 0.3) is 11.6 Å². The summed E-state index contributed by atoms with van der Waals surface area (Å²) in [5.41, 5.74) is -1.06. The number of hydrogen-bond donors (Lipinski definition) is 0. The van der Waals surface area contributed by atoms with Gasteiger partial charge in [0.15, 0.2) is 0 Å². The molecule has 1 amide bonds. The highest BCUT2D eigenvalue weighted by molar-refractivity contribution is 5.94. The highest BCUT2D eigenvalue weighted by Gasteiger charge is 2.34. The summed E-state index contributed by atoms with van der Waals surface area (Å²) < 4.78 is 44.4. The summed E-state index contributed by atoms with van der Waals surface area (Å²) in [6, 6.07) is 9.35. The third kappa shape index (κ3) is 5.49. The van der Waals surface area contributed by atoms with E-state index in [2.05, 4.69) is 0 Å². The van der Waals surface area contributed by atoms with Gasteiger partial charge >= 0.3 is 6.18 Å². The van der Waals surface area contributed by atoms with E-state index in [0.717, 1.165) is 12.1 Å². The molecule has 2 aromatic carbocycles. The number of anilines is 1. The highest BCUT2D eigenvalue weighted by Crippen LogP contribution is 2.36. The van der Waals surface area contributed by atoms with Crippen LogP contribution in [0, 0.1) is 16.0 Å². The minimum Gasteiger partial charge on any atom is -0.493 e. The number of carbonyl (C=O) groups excluding carboxylic acids is 1. The molecule has 0 unspecified atom stereocenters. The predicted octanol–water partition coefficient (Wildman–Crippen LogP) is 4.61. The van der Waals surface area contributed by atoms with Gasteiger partial charge in [-0.15, -0.1) is 0 Å². The molecule has 0 atom stereocenters. The van der Waals surface area contributed by atoms with Crippen LogP contribution in [0.3, 0.4) is 0 Å². The molecule has 7 nitrogen and oxygen atoms in total. The van der Waals surface area contributed by atoms with E-state index in [-0.39, 0.29) is 24.7 Å². The number of carbonyl (C=O) groups is 1. The molecule has 0 bridgehead atoms. The van der Waals surface area contributed by atoms with Gasteiger partial charge in [0, 0.05) is 37.8 Å². The number of nitrogens with zero attached hydrogens (tertiary/aromatic N) is 3. The molecular weight excluding hydrogens is 427 g/mol. The molecule has 10 heteroatoms. The van der Waals surface area contributed by atoms with E-state index < -0.39 is 22.4 Å². The number of halogens is 3. The van der Waals surface area contributed by atoms with E-state index in [1.54, 1.807) is 34.1 Å². The second-order valence-electron chi connectivity index (χ2n) is 7.97. The zero-order chi connectivity index (χ0) is 23.5. The molecule has 0 spiro atoms. The van der Waals surface area contributed by atoms with Crippen molar-refractivity contribution in [2.45, 2.75) is 20.0 Å². The normalized spacial score (nSPS) is 14.6. The first-order valence-corrected chi connectivity index (χ1v) is 10.2. The molecule has 0 aliphatic carbocycles. The van der Waals surface area contributed by atoms with Crippen LogP contribution in [0.1, 0.15) is 29.8 Å². The van der Waals surface area contributed by atoms with Crippen LogP contribution in [0.4, 0.5) is 24.5 Å². The summed E-state index contributed by atoms with van der Waals surface area (Å²) in [5, 5.41) is 11.3. The van der Waals surface area contributed by atoms with Crippen molar-refractivity contribution in [1.82, 2.24) is 4.90 Å². The molecular formula is C22H24F3N3O4. The number of rotatable bonds is 6. The molecule has 1 aliphatic heterocycles. The molecule has 0 saturated carbocycles. The van der Waals surface area contributed by atoms with Crippen molar-refractivity contribution in [3.8, 4) is 5.75 Å². The Balaban J connectivity index is 1.66. The Kier molecular flexibility index (Phi) is 6.90. The molecule has 1 fully saturated rings. The Morgan fingerprint density at radius 1 is 1.09 bits per heavy atom. The Morgan fingerprint density at radius 2 is 1.72 bits per heavy atom. The molecule has 0 N–H and O–H groups in total. The first-order chi connectivity index (χ1) is 15.1. The van der Waals surface area contributed by atoms with Crippen molar-refractivity contribution in [1.29, 1.82) is 0 Å². The monoisotopic (exact) mass is 451 g/mol. The molecule has 172 valence electrons. The summed E-state index contributed by atoms with van der Waals surface area (Å²) in [6.45, 7) is 5.78. The first-order valence-electron chi connectivity index (χ1n) is 10.2. The molecule has 1 saturated heterocycles. The fraction of sp³-hybridized carbons (Fsp3) is 0.409. The lowest BCUT2D eigenvalue weighted by Crippen LogP contribution is -2.49. The lowest BCUT2D eigenvalue weighted by atomic mass is 10.1. The number of ether oxygens (including phenoxy) is 1. The summed E-state index contributed by atoms with van der Waals surface area (Å²) >= 11 is 0. The predicted molar refractivity (Wildman–Crippen MR) is 113 cm³/mol. The van der Waals surface area contributed by atoms with E-state index in [1.807, 2.05) is 13.8 Å². The fourth-order valence-electron chi connectivity index (χ4n) is 3.40. The molecule has 0 aromatic heterocycles. The van der Waals surface area contributed by atoms with Crippen molar-refractivity contribution in [2.75, 3.05) is 37.7 Å². The Bertz CT molecular complexity index is 969. The number of hydrogen-bond acceptors (Lipinski definition) is 5. The van der Waals surface area contributed by atoms with Crippen LogP contribution in [-0.4, -0.2) is 48.5 Å². The average Bonchev–Trinajstić information content (AvgIpc) is 2.76. The standard InChI is InChI=1S/C22H24F3N3O4/c1-15(2)14-32-18-6-3-16(4-7-18)21(29)27-11-9-26(10-12-27)19-8-5-17(22(23,24)25)13-20(19)28(30)31/h3-8,13,15H,9-12,14H2,1-2H3. The number of benzene rings is 2. The van der Waals surface area contributed by atoms with Crippen LogP contribution < -0.4 is 9.64 Å². The number of piperazine rings is 1. The summed E-state index contributed by atoms with van der Waals surface area (Å²) in [5.74, 6) is 0.879. The molecule has 0 radical (unpaired) electrons. The Labute approximate surface area is 183 Å². The maximum atomic E-state index is 12.9. The molecule has 32 heavy (non-hydrogen) atoms.